The van der Waals surface area contributed by atoms with Gasteiger partial charge in [-0.1, -0.05) is 36.4 Å². The minimum absolute atomic E-state index is 0.323. The Morgan fingerprint density at radius 1 is 0.520 bits per heavy atom. The predicted octanol–water partition coefficient (Wildman–Crippen LogP) is 2.14. The molecule has 0 saturated carbocycles. The molecule has 4 rings (SSSR count). The lowest BCUT2D eigenvalue weighted by Crippen LogP contribution is -3.61. The van der Waals surface area contributed by atoms with Crippen LogP contribution in [0.5, 0.6) is 11.5 Å². The molecule has 0 radical (unpaired) electrons. The fourth-order valence-corrected chi connectivity index (χ4v) is 5.97. The van der Waals surface area contributed by atoms with Gasteiger partial charge in [-0.3, -0.25) is 0 Å². The lowest BCUT2D eigenvalue weighted by atomic mass is 10.1. The molecule has 0 fully saturated rings. The van der Waals surface area contributed by atoms with Crippen LogP contribution in [0.15, 0.2) is 72.8 Å². The highest BCUT2D eigenvalue weighted by Gasteiger charge is 2.23. The van der Waals surface area contributed by atoms with Gasteiger partial charge in [-0.2, -0.15) is 0 Å². The summed E-state index contributed by atoms with van der Waals surface area (Å²) in [4.78, 5) is 0. The van der Waals surface area contributed by atoms with Gasteiger partial charge in [0.25, 0.3) is 0 Å². The quantitative estimate of drug-likeness (QED) is 0.452. The molecule has 0 aliphatic heterocycles. The van der Waals surface area contributed by atoms with Crippen LogP contribution in [0.3, 0.4) is 0 Å². The van der Waals surface area contributed by atoms with Crippen molar-refractivity contribution < 1.29 is 30.7 Å². The highest BCUT2D eigenvalue weighted by molar-refractivity contribution is 5.89. The van der Waals surface area contributed by atoms with Gasteiger partial charge in [0.1, 0.15) is 11.5 Å². The molecule has 0 aliphatic carbocycles. The topological polar surface area (TPSA) is 18.5 Å². The van der Waals surface area contributed by atoms with Gasteiger partial charge >= 0.3 is 21.2 Å². The van der Waals surface area contributed by atoms with Crippen LogP contribution >= 0.6 is 0 Å². The standard InChI is InChI=1S/C22H18IO2/c1-24-21-13-11-19(15-7-3-5-9-17(15)21)23-20-12-14-22(25-2)18-10-6-4-8-16(18)20/h3-14H,1-2H3/q+1. The second-order valence-electron chi connectivity index (χ2n) is 5.68. The summed E-state index contributed by atoms with van der Waals surface area (Å²) < 4.78 is 13.9. The van der Waals surface area contributed by atoms with Crippen molar-refractivity contribution in [2.24, 2.45) is 0 Å². The molecule has 124 valence electrons. The average Bonchev–Trinajstić information content (AvgIpc) is 2.68. The van der Waals surface area contributed by atoms with Gasteiger partial charge < -0.3 is 9.47 Å². The van der Waals surface area contributed by atoms with E-state index in [4.69, 9.17) is 9.47 Å². The number of ether oxygens (including phenoxy) is 2. The number of hydrogen-bond acceptors (Lipinski definition) is 2. The minimum Gasteiger partial charge on any atom is -0.496 e. The zero-order valence-electron chi connectivity index (χ0n) is 14.1. The molecular weight excluding hydrogens is 423 g/mol. The van der Waals surface area contributed by atoms with Crippen molar-refractivity contribution in [1.82, 2.24) is 0 Å². The number of methoxy groups -OCH3 is 2. The van der Waals surface area contributed by atoms with Crippen LogP contribution in [0, 0.1) is 7.14 Å². The van der Waals surface area contributed by atoms with E-state index in [-0.39, 0.29) is 21.2 Å². The minimum atomic E-state index is -0.323. The third-order valence-corrected chi connectivity index (χ3v) is 7.35. The Hall–Kier alpha value is -2.27. The Bertz CT molecular complexity index is 971. The van der Waals surface area contributed by atoms with E-state index in [1.165, 1.54) is 28.7 Å². The first-order chi connectivity index (χ1) is 12.3. The van der Waals surface area contributed by atoms with Gasteiger partial charge in [-0.25, -0.2) is 0 Å². The van der Waals surface area contributed by atoms with Gasteiger partial charge in [-0.05, 0) is 36.4 Å². The second kappa shape index (κ2) is 6.92. The Labute approximate surface area is 157 Å². The van der Waals surface area contributed by atoms with E-state index in [0.717, 1.165) is 11.5 Å². The Balaban J connectivity index is 1.87. The molecule has 0 spiro atoms. The van der Waals surface area contributed by atoms with Crippen LogP contribution in [0.2, 0.25) is 0 Å². The van der Waals surface area contributed by atoms with Crippen molar-refractivity contribution in [3.63, 3.8) is 0 Å². The smallest absolute Gasteiger partial charge is 0.359 e. The third kappa shape index (κ3) is 2.93. The first-order valence-corrected chi connectivity index (χ1v) is 10.2. The van der Waals surface area contributed by atoms with E-state index in [1.54, 1.807) is 14.2 Å². The van der Waals surface area contributed by atoms with Crippen molar-refractivity contribution in [2.45, 2.75) is 0 Å². The van der Waals surface area contributed by atoms with E-state index in [2.05, 4.69) is 72.8 Å². The summed E-state index contributed by atoms with van der Waals surface area (Å²) in [6.45, 7) is 0. The molecule has 3 heteroatoms. The van der Waals surface area contributed by atoms with Crippen molar-refractivity contribution in [3.8, 4) is 11.5 Å². The second-order valence-corrected chi connectivity index (χ2v) is 8.55. The summed E-state index contributed by atoms with van der Waals surface area (Å²) in [6.07, 6.45) is 0. The molecule has 0 aliphatic rings. The van der Waals surface area contributed by atoms with Crippen LogP contribution in [0.25, 0.3) is 21.5 Å². The summed E-state index contributed by atoms with van der Waals surface area (Å²) in [5, 5.41) is 4.93. The SMILES string of the molecule is COc1ccc([I+]c2ccc(OC)c3ccccc23)c2ccccc12. The molecular formula is C22H18IO2+. The van der Waals surface area contributed by atoms with Gasteiger partial charge in [0.2, 0.25) is 7.14 Å². The highest BCUT2D eigenvalue weighted by Crippen LogP contribution is 2.26. The molecule has 0 N–H and O–H groups in total. The largest absolute Gasteiger partial charge is 0.496 e. The average molecular weight is 441 g/mol. The predicted molar refractivity (Wildman–Crippen MR) is 98.4 cm³/mol. The number of rotatable bonds is 4. The normalized spacial score (nSPS) is 11.0. The zero-order chi connectivity index (χ0) is 17.2. The zero-order valence-corrected chi connectivity index (χ0v) is 16.3. The fourth-order valence-electron chi connectivity index (χ4n) is 3.10. The van der Waals surface area contributed by atoms with E-state index in [1.807, 2.05) is 0 Å². The molecule has 0 amide bonds. The molecule has 0 aromatic heterocycles. The van der Waals surface area contributed by atoms with Crippen LogP contribution in [0.4, 0.5) is 0 Å². The third-order valence-electron chi connectivity index (χ3n) is 4.31. The summed E-state index contributed by atoms with van der Waals surface area (Å²) >= 11 is -0.323. The summed E-state index contributed by atoms with van der Waals surface area (Å²) in [6, 6.07) is 25.6. The molecule has 0 atom stereocenters. The van der Waals surface area contributed by atoms with E-state index in [0.29, 0.717) is 0 Å². The number of fused-ring (bicyclic) bond motifs is 2. The molecule has 25 heavy (non-hydrogen) atoms. The Morgan fingerprint density at radius 3 is 1.32 bits per heavy atom. The van der Waals surface area contributed by atoms with Crippen molar-refractivity contribution in [1.29, 1.82) is 0 Å². The van der Waals surface area contributed by atoms with Crippen LogP contribution in [-0.4, -0.2) is 14.2 Å². The van der Waals surface area contributed by atoms with Crippen molar-refractivity contribution in [3.05, 3.63) is 79.9 Å². The lowest BCUT2D eigenvalue weighted by molar-refractivity contribution is -0.592. The van der Waals surface area contributed by atoms with Gasteiger partial charge in [0.15, 0.2) is 0 Å². The van der Waals surface area contributed by atoms with Crippen molar-refractivity contribution in [2.75, 3.05) is 14.2 Å². The van der Waals surface area contributed by atoms with Gasteiger partial charge in [-0.15, -0.1) is 0 Å². The maximum Gasteiger partial charge on any atom is 0.359 e. The Morgan fingerprint density at radius 2 is 0.920 bits per heavy atom. The molecule has 0 heterocycles. The van der Waals surface area contributed by atoms with Gasteiger partial charge in [0.05, 0.1) is 14.2 Å². The maximum absolute atomic E-state index is 5.53. The van der Waals surface area contributed by atoms with Gasteiger partial charge in [0, 0.05) is 21.5 Å². The number of benzene rings is 4. The number of halogens is 1. The molecule has 2 nitrogen and oxygen atoms in total. The van der Waals surface area contributed by atoms with Crippen LogP contribution in [-0.2, 0) is 0 Å². The van der Waals surface area contributed by atoms with Crippen LogP contribution < -0.4 is 30.7 Å². The molecule has 4 aromatic carbocycles. The van der Waals surface area contributed by atoms with E-state index >= 15 is 0 Å². The van der Waals surface area contributed by atoms with Crippen LogP contribution in [0.1, 0.15) is 0 Å². The lowest BCUT2D eigenvalue weighted by Gasteiger charge is -2.06. The van der Waals surface area contributed by atoms with E-state index < -0.39 is 0 Å². The monoisotopic (exact) mass is 441 g/mol. The Kier molecular flexibility index (Phi) is 4.49. The molecule has 4 aromatic rings. The highest BCUT2D eigenvalue weighted by atomic mass is 127. The molecule has 0 unspecified atom stereocenters. The van der Waals surface area contributed by atoms with Crippen molar-refractivity contribution >= 4 is 21.5 Å². The molecule has 0 bridgehead atoms. The maximum atomic E-state index is 5.53. The fraction of sp³-hybridized carbons (Fsp3) is 0.0909. The summed E-state index contributed by atoms with van der Waals surface area (Å²) in [7, 11) is 3.46. The first kappa shape index (κ1) is 16.2. The summed E-state index contributed by atoms with van der Waals surface area (Å²) in [5.74, 6) is 1.87. The number of hydrogen-bond donors (Lipinski definition) is 0. The summed E-state index contributed by atoms with van der Waals surface area (Å²) in [5.41, 5.74) is 0. The first-order valence-electron chi connectivity index (χ1n) is 8.08. The molecule has 0 saturated heterocycles. The van der Waals surface area contributed by atoms with E-state index in [9.17, 15) is 0 Å².